The molecule has 0 unspecified atom stereocenters. The highest BCUT2D eigenvalue weighted by Gasteiger charge is 2.23. The molecule has 2 heterocycles. The lowest BCUT2D eigenvalue weighted by Crippen LogP contribution is -2.38. The number of nitrogens with zero attached hydrogens (tertiary/aromatic N) is 1. The number of ether oxygens (including phenoxy) is 1. The van der Waals surface area contributed by atoms with Crippen molar-refractivity contribution in [3.8, 4) is 0 Å². The van der Waals surface area contributed by atoms with Crippen LogP contribution in [-0.4, -0.2) is 24.0 Å². The van der Waals surface area contributed by atoms with Gasteiger partial charge in [0.2, 0.25) is 5.91 Å². The van der Waals surface area contributed by atoms with Crippen LogP contribution in [0.3, 0.4) is 0 Å². The fraction of sp³-hybridized carbons (Fsp3) is 0.227. The molecule has 0 radical (unpaired) electrons. The van der Waals surface area contributed by atoms with Gasteiger partial charge in [0.1, 0.15) is 12.7 Å². The highest BCUT2D eigenvalue weighted by molar-refractivity contribution is 7.10. The molecule has 4 heteroatoms. The highest BCUT2D eigenvalue weighted by atomic mass is 32.1. The molecule has 1 aromatic heterocycles. The van der Waals surface area contributed by atoms with E-state index in [0.29, 0.717) is 6.54 Å². The average molecular weight is 363 g/mol. The number of amides is 1. The van der Waals surface area contributed by atoms with Crippen molar-refractivity contribution in [2.45, 2.75) is 19.1 Å². The molecule has 4 rings (SSSR count). The molecule has 132 valence electrons. The van der Waals surface area contributed by atoms with Gasteiger partial charge in [0.15, 0.2) is 0 Å². The van der Waals surface area contributed by atoms with E-state index in [1.807, 2.05) is 65.6 Å². The monoisotopic (exact) mass is 363 g/mol. The molecule has 1 aliphatic heterocycles. The van der Waals surface area contributed by atoms with Crippen LogP contribution in [-0.2, 0) is 22.5 Å². The van der Waals surface area contributed by atoms with Crippen molar-refractivity contribution in [2.75, 3.05) is 13.2 Å². The van der Waals surface area contributed by atoms with Gasteiger partial charge in [0.05, 0.1) is 0 Å². The van der Waals surface area contributed by atoms with Gasteiger partial charge in [-0.3, -0.25) is 4.79 Å². The molecule has 3 aromatic rings. The first kappa shape index (κ1) is 17.0. The number of hydrogen-bond acceptors (Lipinski definition) is 3. The van der Waals surface area contributed by atoms with Crippen LogP contribution in [0.5, 0.6) is 0 Å². The standard InChI is InChI=1S/C22H21NO2S/c24-21(23-13-11-20-19(15-23)12-14-26-20)16-25-22(17-7-3-1-4-8-17)18-9-5-2-6-10-18/h1-10,12,14,22H,11,13,15-16H2. The Bertz CT molecular complexity index is 821. The van der Waals surface area contributed by atoms with Gasteiger partial charge in [0.25, 0.3) is 0 Å². The summed E-state index contributed by atoms with van der Waals surface area (Å²) in [6.45, 7) is 1.56. The Hall–Kier alpha value is -2.43. The second kappa shape index (κ2) is 7.85. The lowest BCUT2D eigenvalue weighted by molar-refractivity contribution is -0.138. The van der Waals surface area contributed by atoms with E-state index in [9.17, 15) is 4.79 Å². The molecule has 26 heavy (non-hydrogen) atoms. The molecule has 0 atom stereocenters. The summed E-state index contributed by atoms with van der Waals surface area (Å²) in [5, 5.41) is 2.11. The van der Waals surface area contributed by atoms with E-state index in [2.05, 4.69) is 11.4 Å². The number of hydrogen-bond donors (Lipinski definition) is 0. The first-order valence-electron chi connectivity index (χ1n) is 8.86. The average Bonchev–Trinajstić information content (AvgIpc) is 3.17. The van der Waals surface area contributed by atoms with Gasteiger partial charge in [0, 0.05) is 18.0 Å². The van der Waals surface area contributed by atoms with E-state index < -0.39 is 0 Å². The van der Waals surface area contributed by atoms with Gasteiger partial charge < -0.3 is 9.64 Å². The predicted molar refractivity (Wildman–Crippen MR) is 104 cm³/mol. The van der Waals surface area contributed by atoms with Crippen LogP contribution < -0.4 is 0 Å². The zero-order chi connectivity index (χ0) is 17.8. The molecule has 0 fully saturated rings. The van der Waals surface area contributed by atoms with E-state index in [1.165, 1.54) is 10.4 Å². The van der Waals surface area contributed by atoms with Crippen molar-refractivity contribution in [1.82, 2.24) is 4.90 Å². The van der Waals surface area contributed by atoms with Crippen LogP contribution in [0, 0.1) is 0 Å². The zero-order valence-corrected chi connectivity index (χ0v) is 15.3. The summed E-state index contributed by atoms with van der Waals surface area (Å²) < 4.78 is 6.11. The fourth-order valence-corrected chi connectivity index (χ4v) is 4.24. The van der Waals surface area contributed by atoms with E-state index in [1.54, 1.807) is 11.3 Å². The van der Waals surface area contributed by atoms with Crippen LogP contribution in [0.25, 0.3) is 0 Å². The number of carbonyl (C=O) groups is 1. The normalized spacial score (nSPS) is 13.7. The SMILES string of the molecule is O=C(COC(c1ccccc1)c1ccccc1)N1CCc2sccc2C1. The Balaban J connectivity index is 1.46. The smallest absolute Gasteiger partial charge is 0.248 e. The maximum Gasteiger partial charge on any atom is 0.248 e. The highest BCUT2D eigenvalue weighted by Crippen LogP contribution is 2.27. The quantitative estimate of drug-likeness (QED) is 0.671. The molecule has 0 bridgehead atoms. The lowest BCUT2D eigenvalue weighted by Gasteiger charge is -2.28. The number of carbonyl (C=O) groups excluding carboxylic acids is 1. The Morgan fingerprint density at radius 3 is 2.31 bits per heavy atom. The molecular formula is C22H21NO2S. The molecular weight excluding hydrogens is 342 g/mol. The summed E-state index contributed by atoms with van der Waals surface area (Å²) in [5.74, 6) is 0.0544. The Kier molecular flexibility index (Phi) is 5.14. The van der Waals surface area contributed by atoms with E-state index in [0.717, 1.165) is 24.1 Å². The number of fused-ring (bicyclic) bond motifs is 1. The molecule has 3 nitrogen and oxygen atoms in total. The molecule has 0 N–H and O–H groups in total. The van der Waals surface area contributed by atoms with E-state index in [-0.39, 0.29) is 18.6 Å². The van der Waals surface area contributed by atoms with Crippen molar-refractivity contribution in [3.63, 3.8) is 0 Å². The van der Waals surface area contributed by atoms with Gasteiger partial charge >= 0.3 is 0 Å². The molecule has 1 amide bonds. The Morgan fingerprint density at radius 1 is 1.00 bits per heavy atom. The maximum absolute atomic E-state index is 12.7. The molecule has 0 saturated heterocycles. The zero-order valence-electron chi connectivity index (χ0n) is 14.5. The fourth-order valence-electron chi connectivity index (χ4n) is 3.35. The van der Waals surface area contributed by atoms with Crippen molar-refractivity contribution in [3.05, 3.63) is 93.7 Å². The molecule has 0 spiro atoms. The van der Waals surface area contributed by atoms with Crippen LogP contribution in [0.15, 0.2) is 72.1 Å². The van der Waals surface area contributed by atoms with Gasteiger partial charge in [-0.2, -0.15) is 0 Å². The van der Waals surface area contributed by atoms with Crippen LogP contribution >= 0.6 is 11.3 Å². The van der Waals surface area contributed by atoms with Crippen molar-refractivity contribution in [2.24, 2.45) is 0 Å². The minimum atomic E-state index is -0.233. The van der Waals surface area contributed by atoms with Crippen molar-refractivity contribution in [1.29, 1.82) is 0 Å². The third-order valence-electron chi connectivity index (χ3n) is 4.74. The van der Waals surface area contributed by atoms with Crippen LogP contribution in [0.4, 0.5) is 0 Å². The van der Waals surface area contributed by atoms with Gasteiger partial charge in [-0.1, -0.05) is 60.7 Å². The largest absolute Gasteiger partial charge is 0.359 e. The number of benzene rings is 2. The molecule has 0 saturated carbocycles. The molecule has 2 aromatic carbocycles. The third-order valence-corrected chi connectivity index (χ3v) is 5.76. The predicted octanol–water partition coefficient (Wildman–Crippen LogP) is 4.44. The first-order valence-corrected chi connectivity index (χ1v) is 9.74. The third kappa shape index (κ3) is 3.71. The topological polar surface area (TPSA) is 29.5 Å². The summed E-state index contributed by atoms with van der Waals surface area (Å²) >= 11 is 1.78. The minimum absolute atomic E-state index is 0.0544. The Labute approximate surface area is 157 Å². The molecule has 0 aliphatic carbocycles. The van der Waals surface area contributed by atoms with Crippen LogP contribution in [0.1, 0.15) is 27.7 Å². The summed E-state index contributed by atoms with van der Waals surface area (Å²) in [6.07, 6.45) is 0.711. The maximum atomic E-state index is 12.7. The Morgan fingerprint density at radius 2 is 1.65 bits per heavy atom. The first-order chi connectivity index (χ1) is 12.8. The summed E-state index contributed by atoms with van der Waals surface area (Å²) in [4.78, 5) is 16.0. The van der Waals surface area contributed by atoms with E-state index in [4.69, 9.17) is 4.74 Å². The lowest BCUT2D eigenvalue weighted by atomic mass is 10.0. The minimum Gasteiger partial charge on any atom is -0.359 e. The molecule has 1 aliphatic rings. The summed E-state index contributed by atoms with van der Waals surface area (Å²) in [5.41, 5.74) is 3.40. The van der Waals surface area contributed by atoms with Gasteiger partial charge in [-0.15, -0.1) is 11.3 Å². The van der Waals surface area contributed by atoms with Crippen LogP contribution in [0.2, 0.25) is 0 Å². The second-order valence-corrected chi connectivity index (χ2v) is 7.45. The second-order valence-electron chi connectivity index (χ2n) is 6.45. The van der Waals surface area contributed by atoms with Crippen molar-refractivity contribution >= 4 is 17.2 Å². The van der Waals surface area contributed by atoms with E-state index >= 15 is 0 Å². The van der Waals surface area contributed by atoms with Gasteiger partial charge in [-0.05, 0) is 34.6 Å². The van der Waals surface area contributed by atoms with Crippen molar-refractivity contribution < 1.29 is 9.53 Å². The number of thiophene rings is 1. The summed E-state index contributed by atoms with van der Waals surface area (Å²) in [6, 6.07) is 22.3. The summed E-state index contributed by atoms with van der Waals surface area (Å²) in [7, 11) is 0. The number of rotatable bonds is 5. The van der Waals surface area contributed by atoms with Gasteiger partial charge in [-0.25, -0.2) is 0 Å².